The van der Waals surface area contributed by atoms with Crippen LogP contribution in [0.1, 0.15) is 29.8 Å². The topological polar surface area (TPSA) is 78.6 Å². The molecule has 1 aromatic rings. The second-order valence-corrected chi connectivity index (χ2v) is 4.81. The molecule has 2 heterocycles. The van der Waals surface area contributed by atoms with Crippen LogP contribution in [-0.4, -0.2) is 47.6 Å². The van der Waals surface area contributed by atoms with E-state index in [0.29, 0.717) is 6.01 Å². The first-order valence-corrected chi connectivity index (χ1v) is 6.26. The van der Waals surface area contributed by atoms with Crippen molar-refractivity contribution in [2.75, 3.05) is 32.0 Å². The molecule has 0 unspecified atom stereocenters. The summed E-state index contributed by atoms with van der Waals surface area (Å²) in [4.78, 5) is 16.8. The predicted octanol–water partition coefficient (Wildman–Crippen LogP) is 1.52. The number of carboxylic acids is 1. The van der Waals surface area contributed by atoms with Gasteiger partial charge in [-0.3, -0.25) is 0 Å². The van der Waals surface area contributed by atoms with Gasteiger partial charge in [0.05, 0.1) is 0 Å². The van der Waals surface area contributed by atoms with E-state index in [0.717, 1.165) is 38.2 Å². The third kappa shape index (κ3) is 3.46. The fourth-order valence-electron chi connectivity index (χ4n) is 2.19. The number of rotatable bonds is 5. The van der Waals surface area contributed by atoms with E-state index < -0.39 is 5.97 Å². The minimum absolute atomic E-state index is 0.0585. The molecule has 2 N–H and O–H groups in total. The molecule has 0 atom stereocenters. The Balaban J connectivity index is 1.70. The zero-order chi connectivity index (χ0) is 13.0. The number of carbonyl (C=O) groups is 1. The van der Waals surface area contributed by atoms with Gasteiger partial charge in [0.15, 0.2) is 5.69 Å². The number of oxazole rings is 1. The molecule has 6 nitrogen and oxygen atoms in total. The Morgan fingerprint density at radius 3 is 2.94 bits per heavy atom. The number of aromatic nitrogens is 1. The number of anilines is 1. The lowest BCUT2D eigenvalue weighted by atomic mass is 9.94. The van der Waals surface area contributed by atoms with Crippen LogP contribution in [0.15, 0.2) is 10.7 Å². The molecule has 0 bridgehead atoms. The maximum atomic E-state index is 10.6. The Labute approximate surface area is 106 Å². The summed E-state index contributed by atoms with van der Waals surface area (Å²) in [7, 11) is 2.15. The number of hydrogen-bond donors (Lipinski definition) is 2. The summed E-state index contributed by atoms with van der Waals surface area (Å²) >= 11 is 0. The molecule has 6 heteroatoms. The third-order valence-electron chi connectivity index (χ3n) is 3.39. The zero-order valence-corrected chi connectivity index (χ0v) is 10.6. The van der Waals surface area contributed by atoms with Gasteiger partial charge >= 0.3 is 5.97 Å². The van der Waals surface area contributed by atoms with Gasteiger partial charge in [0.1, 0.15) is 6.26 Å². The fourth-order valence-corrected chi connectivity index (χ4v) is 2.19. The highest BCUT2D eigenvalue weighted by atomic mass is 16.4. The highest BCUT2D eigenvalue weighted by Gasteiger charge is 2.16. The molecular formula is C12H19N3O3. The van der Waals surface area contributed by atoms with Gasteiger partial charge in [-0.05, 0) is 45.3 Å². The summed E-state index contributed by atoms with van der Waals surface area (Å²) in [5.74, 6) is -0.329. The Kier molecular flexibility index (Phi) is 4.19. The number of aromatic carboxylic acids is 1. The largest absolute Gasteiger partial charge is 0.476 e. The predicted molar refractivity (Wildman–Crippen MR) is 66.8 cm³/mol. The van der Waals surface area contributed by atoms with Crippen molar-refractivity contribution in [1.82, 2.24) is 9.88 Å². The number of nitrogens with one attached hydrogen (secondary N) is 1. The normalized spacial score (nSPS) is 17.8. The zero-order valence-electron chi connectivity index (χ0n) is 10.6. The van der Waals surface area contributed by atoms with Crippen LogP contribution in [0, 0.1) is 5.92 Å². The number of likely N-dealkylation sites (tertiary alicyclic amines) is 1. The second-order valence-electron chi connectivity index (χ2n) is 4.81. The molecular weight excluding hydrogens is 234 g/mol. The lowest BCUT2D eigenvalue weighted by Gasteiger charge is -2.28. The van der Waals surface area contributed by atoms with E-state index in [1.54, 1.807) is 0 Å². The molecule has 1 fully saturated rings. The second kappa shape index (κ2) is 5.86. The van der Waals surface area contributed by atoms with Crippen LogP contribution in [0.25, 0.3) is 0 Å². The summed E-state index contributed by atoms with van der Waals surface area (Å²) in [6, 6.07) is 0.292. The molecule has 0 aromatic carbocycles. The van der Waals surface area contributed by atoms with E-state index >= 15 is 0 Å². The van der Waals surface area contributed by atoms with E-state index in [9.17, 15) is 4.79 Å². The van der Waals surface area contributed by atoms with Gasteiger partial charge in [-0.15, -0.1) is 0 Å². The molecule has 0 amide bonds. The summed E-state index contributed by atoms with van der Waals surface area (Å²) in [5.41, 5.74) is -0.0585. The molecule has 1 aliphatic heterocycles. The van der Waals surface area contributed by atoms with Crippen LogP contribution in [0.4, 0.5) is 6.01 Å². The smallest absolute Gasteiger partial charge is 0.357 e. The number of nitrogens with zero attached hydrogens (tertiary/aromatic N) is 2. The highest BCUT2D eigenvalue weighted by Crippen LogP contribution is 2.19. The minimum Gasteiger partial charge on any atom is -0.476 e. The van der Waals surface area contributed by atoms with Crippen LogP contribution in [0.5, 0.6) is 0 Å². The van der Waals surface area contributed by atoms with Crippen molar-refractivity contribution >= 4 is 12.0 Å². The van der Waals surface area contributed by atoms with Gasteiger partial charge in [-0.1, -0.05) is 0 Å². The fraction of sp³-hybridized carbons (Fsp3) is 0.667. The first-order chi connectivity index (χ1) is 8.65. The first kappa shape index (κ1) is 12.9. The Hall–Kier alpha value is -1.56. The molecule has 0 radical (unpaired) electrons. The Morgan fingerprint density at radius 1 is 1.61 bits per heavy atom. The molecule has 1 aromatic heterocycles. The number of piperidine rings is 1. The molecule has 1 saturated heterocycles. The third-order valence-corrected chi connectivity index (χ3v) is 3.39. The van der Waals surface area contributed by atoms with Crippen molar-refractivity contribution < 1.29 is 14.3 Å². The van der Waals surface area contributed by atoms with Gasteiger partial charge in [0, 0.05) is 6.54 Å². The quantitative estimate of drug-likeness (QED) is 0.828. The van der Waals surface area contributed by atoms with Gasteiger partial charge in [-0.2, -0.15) is 4.98 Å². The van der Waals surface area contributed by atoms with Crippen molar-refractivity contribution in [3.63, 3.8) is 0 Å². The average Bonchev–Trinajstić information content (AvgIpc) is 2.81. The van der Waals surface area contributed by atoms with Crippen molar-refractivity contribution in [2.24, 2.45) is 5.92 Å². The van der Waals surface area contributed by atoms with E-state index in [2.05, 4.69) is 22.2 Å². The van der Waals surface area contributed by atoms with Crippen molar-refractivity contribution in [2.45, 2.75) is 19.3 Å². The lowest BCUT2D eigenvalue weighted by Crippen LogP contribution is -2.30. The van der Waals surface area contributed by atoms with Crippen LogP contribution in [0.2, 0.25) is 0 Å². The van der Waals surface area contributed by atoms with Gasteiger partial charge < -0.3 is 19.7 Å². The molecule has 0 spiro atoms. The van der Waals surface area contributed by atoms with Crippen LogP contribution < -0.4 is 5.32 Å². The molecule has 18 heavy (non-hydrogen) atoms. The van der Waals surface area contributed by atoms with Crippen molar-refractivity contribution in [3.8, 4) is 0 Å². The Morgan fingerprint density at radius 2 is 2.33 bits per heavy atom. The van der Waals surface area contributed by atoms with Crippen LogP contribution >= 0.6 is 0 Å². The minimum atomic E-state index is -1.07. The monoisotopic (exact) mass is 253 g/mol. The van der Waals surface area contributed by atoms with Gasteiger partial charge in [0.2, 0.25) is 0 Å². The highest BCUT2D eigenvalue weighted by molar-refractivity contribution is 5.85. The van der Waals surface area contributed by atoms with Crippen molar-refractivity contribution in [1.29, 1.82) is 0 Å². The molecule has 100 valence electrons. The summed E-state index contributed by atoms with van der Waals surface area (Å²) in [5, 5.41) is 11.7. The average molecular weight is 253 g/mol. The number of hydrogen-bond acceptors (Lipinski definition) is 5. The SMILES string of the molecule is CN1CCC(CCNc2nc(C(=O)O)co2)CC1. The van der Waals surface area contributed by atoms with E-state index in [1.165, 1.54) is 12.8 Å². The van der Waals surface area contributed by atoms with Crippen molar-refractivity contribution in [3.05, 3.63) is 12.0 Å². The molecule has 2 rings (SSSR count). The van der Waals surface area contributed by atoms with E-state index in [-0.39, 0.29) is 5.69 Å². The standard InChI is InChI=1S/C12H19N3O3/c1-15-6-3-9(4-7-15)2-5-13-12-14-10(8-18-12)11(16)17/h8-9H,2-7H2,1H3,(H,13,14)(H,16,17). The molecule has 1 aliphatic rings. The van der Waals surface area contributed by atoms with Crippen LogP contribution in [-0.2, 0) is 0 Å². The summed E-state index contributed by atoms with van der Waals surface area (Å²) in [6.07, 6.45) is 4.67. The lowest BCUT2D eigenvalue weighted by molar-refractivity contribution is 0.0690. The van der Waals surface area contributed by atoms with Gasteiger partial charge in [-0.25, -0.2) is 4.79 Å². The van der Waals surface area contributed by atoms with Crippen LogP contribution in [0.3, 0.4) is 0 Å². The summed E-state index contributed by atoms with van der Waals surface area (Å²) in [6.45, 7) is 3.09. The first-order valence-electron chi connectivity index (χ1n) is 6.26. The maximum Gasteiger partial charge on any atom is 0.357 e. The maximum absolute atomic E-state index is 10.6. The van der Waals surface area contributed by atoms with E-state index in [1.807, 2.05) is 0 Å². The Bertz CT molecular complexity index is 397. The van der Waals surface area contributed by atoms with E-state index in [4.69, 9.17) is 9.52 Å². The number of carboxylic acid groups (broad SMARTS) is 1. The summed E-state index contributed by atoms with van der Waals surface area (Å²) < 4.78 is 5.02. The van der Waals surface area contributed by atoms with Gasteiger partial charge in [0.25, 0.3) is 6.01 Å². The molecule has 0 saturated carbocycles. The molecule has 0 aliphatic carbocycles.